The van der Waals surface area contributed by atoms with Gasteiger partial charge >= 0.3 is 6.18 Å². The maximum atomic E-state index is 13.1. The molecule has 2 unspecified atom stereocenters. The van der Waals surface area contributed by atoms with Gasteiger partial charge in [0.1, 0.15) is 11.9 Å². The number of halogens is 3. The van der Waals surface area contributed by atoms with Crippen LogP contribution in [0.2, 0.25) is 0 Å². The first kappa shape index (κ1) is 19.8. The SMILES string of the molecule is Cc1cc(NC(=O)C2Oc3ccccc3OC2C)n(-c2cccc(C(F)(F)F)c2)n1. The highest BCUT2D eigenvalue weighted by molar-refractivity contribution is 5.94. The van der Waals surface area contributed by atoms with E-state index in [9.17, 15) is 18.0 Å². The molecule has 156 valence electrons. The van der Waals surface area contributed by atoms with Crippen LogP contribution in [-0.4, -0.2) is 27.9 Å². The van der Waals surface area contributed by atoms with Gasteiger partial charge < -0.3 is 14.8 Å². The van der Waals surface area contributed by atoms with Gasteiger partial charge in [0, 0.05) is 6.07 Å². The lowest BCUT2D eigenvalue weighted by Gasteiger charge is -2.31. The van der Waals surface area contributed by atoms with Gasteiger partial charge in [-0.3, -0.25) is 4.79 Å². The minimum absolute atomic E-state index is 0.174. The van der Waals surface area contributed by atoms with E-state index in [2.05, 4.69) is 10.4 Å². The van der Waals surface area contributed by atoms with E-state index in [0.717, 1.165) is 12.1 Å². The molecule has 1 aromatic heterocycles. The zero-order valence-electron chi connectivity index (χ0n) is 16.1. The van der Waals surface area contributed by atoms with Gasteiger partial charge in [0.15, 0.2) is 11.5 Å². The van der Waals surface area contributed by atoms with E-state index in [1.54, 1.807) is 44.2 Å². The lowest BCUT2D eigenvalue weighted by atomic mass is 10.1. The van der Waals surface area contributed by atoms with Crippen LogP contribution in [0.3, 0.4) is 0 Å². The highest BCUT2D eigenvalue weighted by Gasteiger charge is 2.35. The quantitative estimate of drug-likeness (QED) is 0.688. The van der Waals surface area contributed by atoms with Crippen LogP contribution < -0.4 is 14.8 Å². The molecule has 30 heavy (non-hydrogen) atoms. The molecule has 0 aliphatic carbocycles. The van der Waals surface area contributed by atoms with E-state index >= 15 is 0 Å². The average molecular weight is 417 g/mol. The molecule has 0 spiro atoms. The predicted molar refractivity (Wildman–Crippen MR) is 103 cm³/mol. The van der Waals surface area contributed by atoms with Gasteiger partial charge in [0.25, 0.3) is 5.91 Å². The summed E-state index contributed by atoms with van der Waals surface area (Å²) in [5.41, 5.74) is -0.103. The van der Waals surface area contributed by atoms with Crippen LogP contribution in [0.15, 0.2) is 54.6 Å². The van der Waals surface area contributed by atoms with E-state index < -0.39 is 29.9 Å². The lowest BCUT2D eigenvalue weighted by molar-refractivity contribution is -0.137. The number of nitrogens with zero attached hydrogens (tertiary/aromatic N) is 2. The molecular weight excluding hydrogens is 399 g/mol. The van der Waals surface area contributed by atoms with Gasteiger partial charge in [-0.05, 0) is 44.2 Å². The van der Waals surface area contributed by atoms with Crippen molar-refractivity contribution in [3.05, 3.63) is 65.9 Å². The normalized spacial score (nSPS) is 18.2. The second-order valence-electron chi connectivity index (χ2n) is 6.93. The summed E-state index contributed by atoms with van der Waals surface area (Å²) < 4.78 is 52.0. The number of benzene rings is 2. The fourth-order valence-corrected chi connectivity index (χ4v) is 3.20. The number of alkyl halides is 3. The molecule has 1 aliphatic rings. The number of amides is 1. The number of carbonyl (C=O) groups excluding carboxylic acids is 1. The number of anilines is 1. The number of rotatable bonds is 3. The summed E-state index contributed by atoms with van der Waals surface area (Å²) in [6.45, 7) is 3.38. The molecule has 2 aromatic carbocycles. The Kier molecular flexibility index (Phi) is 4.89. The Morgan fingerprint density at radius 3 is 2.47 bits per heavy atom. The third-order valence-electron chi connectivity index (χ3n) is 4.60. The van der Waals surface area contributed by atoms with Crippen LogP contribution in [0, 0.1) is 6.92 Å². The molecule has 0 saturated heterocycles. The van der Waals surface area contributed by atoms with E-state index in [-0.39, 0.29) is 11.5 Å². The maximum Gasteiger partial charge on any atom is 0.416 e. The van der Waals surface area contributed by atoms with Gasteiger partial charge in [-0.15, -0.1) is 0 Å². The number of aromatic nitrogens is 2. The molecule has 0 saturated carbocycles. The number of para-hydroxylation sites is 2. The number of aryl methyl sites for hydroxylation is 1. The number of ether oxygens (including phenoxy) is 2. The van der Waals surface area contributed by atoms with Crippen molar-refractivity contribution in [3.8, 4) is 17.2 Å². The van der Waals surface area contributed by atoms with E-state index in [1.807, 2.05) is 0 Å². The molecule has 6 nitrogen and oxygen atoms in total. The van der Waals surface area contributed by atoms with E-state index in [4.69, 9.17) is 9.47 Å². The van der Waals surface area contributed by atoms with Crippen LogP contribution in [-0.2, 0) is 11.0 Å². The highest BCUT2D eigenvalue weighted by atomic mass is 19.4. The summed E-state index contributed by atoms with van der Waals surface area (Å²) in [6.07, 6.45) is -5.99. The molecule has 9 heteroatoms. The minimum atomic E-state index is -4.49. The van der Waals surface area contributed by atoms with Gasteiger partial charge in [-0.25, -0.2) is 4.68 Å². The van der Waals surface area contributed by atoms with Gasteiger partial charge in [-0.1, -0.05) is 18.2 Å². The average Bonchev–Trinajstić information content (AvgIpc) is 3.07. The van der Waals surface area contributed by atoms with Crippen molar-refractivity contribution < 1.29 is 27.4 Å². The molecule has 4 rings (SSSR count). The first-order valence-corrected chi connectivity index (χ1v) is 9.20. The molecule has 1 N–H and O–H groups in total. The lowest BCUT2D eigenvalue weighted by Crippen LogP contribution is -2.46. The molecule has 2 heterocycles. The van der Waals surface area contributed by atoms with Crippen LogP contribution >= 0.6 is 0 Å². The summed E-state index contributed by atoms with van der Waals surface area (Å²) in [5.74, 6) is 0.717. The molecule has 0 radical (unpaired) electrons. The first-order chi connectivity index (χ1) is 14.2. The van der Waals surface area contributed by atoms with Crippen molar-refractivity contribution in [2.75, 3.05) is 5.32 Å². The molecule has 0 fully saturated rings. The maximum absolute atomic E-state index is 13.1. The Balaban J connectivity index is 1.60. The summed E-state index contributed by atoms with van der Waals surface area (Å²) in [5, 5.41) is 6.91. The van der Waals surface area contributed by atoms with Crippen molar-refractivity contribution in [3.63, 3.8) is 0 Å². The summed E-state index contributed by atoms with van der Waals surface area (Å²) >= 11 is 0. The molecular formula is C21H18F3N3O3. The third kappa shape index (κ3) is 3.83. The smallest absolute Gasteiger partial charge is 0.416 e. The first-order valence-electron chi connectivity index (χ1n) is 9.20. The summed E-state index contributed by atoms with van der Waals surface area (Å²) in [4.78, 5) is 12.9. The Bertz CT molecular complexity index is 1090. The Morgan fingerprint density at radius 1 is 1.07 bits per heavy atom. The fraction of sp³-hybridized carbons (Fsp3) is 0.238. The molecule has 0 bridgehead atoms. The Morgan fingerprint density at radius 2 is 1.77 bits per heavy atom. The molecule has 2 atom stereocenters. The van der Waals surface area contributed by atoms with E-state index in [0.29, 0.717) is 17.2 Å². The molecule has 3 aromatic rings. The topological polar surface area (TPSA) is 65.4 Å². The van der Waals surface area contributed by atoms with Crippen LogP contribution in [0.5, 0.6) is 11.5 Å². The molecule has 1 aliphatic heterocycles. The van der Waals surface area contributed by atoms with Crippen LogP contribution in [0.4, 0.5) is 19.0 Å². The zero-order valence-corrected chi connectivity index (χ0v) is 16.1. The van der Waals surface area contributed by atoms with Crippen LogP contribution in [0.1, 0.15) is 18.2 Å². The minimum Gasteiger partial charge on any atom is -0.482 e. The van der Waals surface area contributed by atoms with Gasteiger partial charge in [0.05, 0.1) is 16.9 Å². The van der Waals surface area contributed by atoms with Crippen molar-refractivity contribution >= 4 is 11.7 Å². The van der Waals surface area contributed by atoms with Crippen molar-refractivity contribution in [1.29, 1.82) is 0 Å². The predicted octanol–water partition coefficient (Wildman–Crippen LogP) is 4.37. The second kappa shape index (κ2) is 7.40. The Hall–Kier alpha value is -3.49. The standard InChI is InChI=1S/C21H18F3N3O3/c1-12-10-18(27(26-12)15-7-5-6-14(11-15)21(22,23)24)25-20(28)19-13(2)29-16-8-3-4-9-17(16)30-19/h3-11,13,19H,1-2H3,(H,25,28). The van der Waals surface area contributed by atoms with E-state index in [1.165, 1.54) is 16.8 Å². The largest absolute Gasteiger partial charge is 0.482 e. The number of fused-ring (bicyclic) bond motifs is 1. The zero-order chi connectivity index (χ0) is 21.5. The summed E-state index contributed by atoms with van der Waals surface area (Å²) in [6, 6.07) is 13.3. The second-order valence-corrected chi connectivity index (χ2v) is 6.93. The fourth-order valence-electron chi connectivity index (χ4n) is 3.20. The number of hydrogen-bond donors (Lipinski definition) is 1. The van der Waals surface area contributed by atoms with Crippen LogP contribution in [0.25, 0.3) is 5.69 Å². The number of hydrogen-bond acceptors (Lipinski definition) is 4. The highest BCUT2D eigenvalue weighted by Crippen LogP contribution is 2.34. The van der Waals surface area contributed by atoms with Gasteiger partial charge in [-0.2, -0.15) is 18.3 Å². The third-order valence-corrected chi connectivity index (χ3v) is 4.60. The number of nitrogens with one attached hydrogen (secondary N) is 1. The summed E-state index contributed by atoms with van der Waals surface area (Å²) in [7, 11) is 0. The Labute approximate surface area is 170 Å². The van der Waals surface area contributed by atoms with Gasteiger partial charge in [0.2, 0.25) is 6.10 Å². The molecule has 1 amide bonds. The van der Waals surface area contributed by atoms with Crippen molar-refractivity contribution in [2.24, 2.45) is 0 Å². The monoisotopic (exact) mass is 417 g/mol. The van der Waals surface area contributed by atoms with Crippen molar-refractivity contribution in [2.45, 2.75) is 32.2 Å². The van der Waals surface area contributed by atoms with Crippen molar-refractivity contribution in [1.82, 2.24) is 9.78 Å². The number of carbonyl (C=O) groups is 1.